The smallest absolute Gasteiger partial charge is 0.242 e. The molecule has 0 fully saturated rings. The summed E-state index contributed by atoms with van der Waals surface area (Å²) in [7, 11) is 3.72. The second-order valence-electron chi connectivity index (χ2n) is 3.65. The number of hydrogen-bond donors (Lipinski definition) is 2. The first kappa shape index (κ1) is 12.7. The highest BCUT2D eigenvalue weighted by atomic mass is 32.2. The van der Waals surface area contributed by atoms with Crippen LogP contribution in [0.1, 0.15) is 5.76 Å². The zero-order valence-electron chi connectivity index (χ0n) is 10.1. The van der Waals surface area contributed by atoms with Crippen molar-refractivity contribution >= 4 is 23.7 Å². The van der Waals surface area contributed by atoms with Crippen LogP contribution in [0.15, 0.2) is 28.0 Å². The summed E-state index contributed by atoms with van der Waals surface area (Å²) in [4.78, 5) is 14.4. The maximum Gasteiger partial charge on any atom is 0.242 e. The molecule has 0 aromatic carbocycles. The summed E-state index contributed by atoms with van der Waals surface area (Å²) in [6.45, 7) is 0. The summed E-state index contributed by atoms with van der Waals surface area (Å²) >= 11 is 1.46. The number of anilines is 2. The van der Waals surface area contributed by atoms with Gasteiger partial charge in [-0.1, -0.05) is 11.8 Å². The van der Waals surface area contributed by atoms with E-state index in [1.807, 2.05) is 26.2 Å². The number of nitrogen functional groups attached to an aromatic ring is 1. The first-order valence-electron chi connectivity index (χ1n) is 5.24. The number of aromatic nitrogens is 3. The van der Waals surface area contributed by atoms with Gasteiger partial charge in [-0.15, -0.1) is 0 Å². The fourth-order valence-corrected chi connectivity index (χ4v) is 1.94. The van der Waals surface area contributed by atoms with Crippen LogP contribution in [0, 0.1) is 0 Å². The maximum absolute atomic E-state index is 5.33. The number of hydrogen-bond acceptors (Lipinski definition) is 8. The molecule has 7 nitrogen and oxygen atoms in total. The van der Waals surface area contributed by atoms with Gasteiger partial charge in [0.2, 0.25) is 11.9 Å². The molecule has 18 heavy (non-hydrogen) atoms. The van der Waals surface area contributed by atoms with Crippen LogP contribution in [0.25, 0.3) is 0 Å². The summed E-state index contributed by atoms with van der Waals surface area (Å²) in [5.41, 5.74) is 2.43. The van der Waals surface area contributed by atoms with Crippen LogP contribution in [0.2, 0.25) is 0 Å². The molecule has 0 aliphatic rings. The molecular formula is C10H14N6OS. The summed E-state index contributed by atoms with van der Waals surface area (Å²) in [5, 5.41) is 0.595. The van der Waals surface area contributed by atoms with Gasteiger partial charge in [0.05, 0.1) is 12.0 Å². The Bertz CT molecular complexity index is 501. The Kier molecular flexibility index (Phi) is 4.00. The third-order valence-corrected chi connectivity index (χ3v) is 2.93. The van der Waals surface area contributed by atoms with Crippen LogP contribution < -0.4 is 16.2 Å². The average Bonchev–Trinajstić information content (AvgIpc) is 2.89. The van der Waals surface area contributed by atoms with E-state index in [1.165, 1.54) is 11.8 Å². The minimum atomic E-state index is 0.343. The molecule has 2 aromatic rings. The summed E-state index contributed by atoms with van der Waals surface area (Å²) in [6.07, 6.45) is 1.64. The molecule has 0 saturated heterocycles. The third-order valence-electron chi connectivity index (χ3n) is 2.06. The number of furan rings is 1. The van der Waals surface area contributed by atoms with Gasteiger partial charge in [0.1, 0.15) is 5.76 Å². The van der Waals surface area contributed by atoms with E-state index < -0.39 is 0 Å². The average molecular weight is 266 g/mol. The zero-order chi connectivity index (χ0) is 13.0. The summed E-state index contributed by atoms with van der Waals surface area (Å²) in [6, 6.07) is 3.75. The van der Waals surface area contributed by atoms with Crippen molar-refractivity contribution in [2.75, 3.05) is 24.4 Å². The lowest BCUT2D eigenvalue weighted by atomic mass is 10.5. The normalized spacial score (nSPS) is 10.4. The van der Waals surface area contributed by atoms with Crippen LogP contribution >= 0.6 is 11.8 Å². The number of nitrogens with two attached hydrogens (primary N) is 1. The molecule has 2 aromatic heterocycles. The fourth-order valence-electron chi connectivity index (χ4n) is 1.21. The SMILES string of the molecule is CN(C)c1nc(NN)nc(SCc2ccco2)n1. The highest BCUT2D eigenvalue weighted by Gasteiger charge is 2.08. The van der Waals surface area contributed by atoms with E-state index in [4.69, 9.17) is 10.3 Å². The van der Waals surface area contributed by atoms with Crippen molar-refractivity contribution in [3.63, 3.8) is 0 Å². The van der Waals surface area contributed by atoms with Crippen LogP contribution in [-0.4, -0.2) is 29.0 Å². The first-order chi connectivity index (χ1) is 8.69. The van der Waals surface area contributed by atoms with Gasteiger partial charge in [-0.3, -0.25) is 5.43 Å². The van der Waals surface area contributed by atoms with Gasteiger partial charge in [-0.25, -0.2) is 5.84 Å². The molecule has 8 heteroatoms. The minimum absolute atomic E-state index is 0.343. The predicted octanol–water partition coefficient (Wildman–Crippen LogP) is 1.11. The van der Waals surface area contributed by atoms with Gasteiger partial charge in [0, 0.05) is 14.1 Å². The van der Waals surface area contributed by atoms with Gasteiger partial charge in [-0.05, 0) is 12.1 Å². The van der Waals surface area contributed by atoms with Crippen molar-refractivity contribution in [1.29, 1.82) is 0 Å². The molecule has 0 saturated carbocycles. The third kappa shape index (κ3) is 3.11. The Hall–Kier alpha value is -1.80. The molecular weight excluding hydrogens is 252 g/mol. The van der Waals surface area contributed by atoms with E-state index in [-0.39, 0.29) is 0 Å². The molecule has 0 radical (unpaired) electrons. The Labute approximate surface area is 109 Å². The number of hydrazine groups is 1. The van der Waals surface area contributed by atoms with Gasteiger partial charge < -0.3 is 9.32 Å². The second kappa shape index (κ2) is 5.69. The molecule has 3 N–H and O–H groups in total. The molecule has 0 bridgehead atoms. The predicted molar refractivity (Wildman–Crippen MR) is 70.2 cm³/mol. The molecule has 0 amide bonds. The topological polar surface area (TPSA) is 93.1 Å². The zero-order valence-corrected chi connectivity index (χ0v) is 10.9. The lowest BCUT2D eigenvalue weighted by Crippen LogP contribution is -2.17. The van der Waals surface area contributed by atoms with Crippen LogP contribution in [0.5, 0.6) is 0 Å². The second-order valence-corrected chi connectivity index (χ2v) is 4.59. The number of nitrogens with zero attached hydrogens (tertiary/aromatic N) is 4. The van der Waals surface area contributed by atoms with Gasteiger partial charge in [0.25, 0.3) is 0 Å². The summed E-state index contributed by atoms with van der Waals surface area (Å²) in [5.74, 6) is 7.76. The highest BCUT2D eigenvalue weighted by Crippen LogP contribution is 2.21. The lowest BCUT2D eigenvalue weighted by Gasteiger charge is -2.11. The molecule has 0 aliphatic heterocycles. The molecule has 0 atom stereocenters. The van der Waals surface area contributed by atoms with E-state index in [0.717, 1.165) is 5.76 Å². The Balaban J connectivity index is 2.13. The fraction of sp³-hybridized carbons (Fsp3) is 0.300. The van der Waals surface area contributed by atoms with Crippen LogP contribution in [0.3, 0.4) is 0 Å². The van der Waals surface area contributed by atoms with E-state index >= 15 is 0 Å². The number of nitrogens with one attached hydrogen (secondary N) is 1. The van der Waals surface area contributed by atoms with Crippen molar-refractivity contribution in [2.24, 2.45) is 5.84 Å². The van der Waals surface area contributed by atoms with Gasteiger partial charge in [0.15, 0.2) is 5.16 Å². The van der Waals surface area contributed by atoms with Crippen molar-refractivity contribution in [1.82, 2.24) is 15.0 Å². The van der Waals surface area contributed by atoms with E-state index in [9.17, 15) is 0 Å². The van der Waals surface area contributed by atoms with Crippen molar-refractivity contribution in [2.45, 2.75) is 10.9 Å². The summed E-state index contributed by atoms with van der Waals surface area (Å²) < 4.78 is 5.25. The van der Waals surface area contributed by atoms with Crippen molar-refractivity contribution < 1.29 is 4.42 Å². The number of rotatable bonds is 5. The highest BCUT2D eigenvalue weighted by molar-refractivity contribution is 7.98. The largest absolute Gasteiger partial charge is 0.468 e. The Morgan fingerprint density at radius 2 is 2.22 bits per heavy atom. The Morgan fingerprint density at radius 1 is 1.39 bits per heavy atom. The van der Waals surface area contributed by atoms with E-state index in [2.05, 4.69) is 20.4 Å². The molecule has 0 spiro atoms. The Morgan fingerprint density at radius 3 is 2.83 bits per heavy atom. The molecule has 96 valence electrons. The molecule has 0 aliphatic carbocycles. The van der Waals surface area contributed by atoms with Crippen LogP contribution in [-0.2, 0) is 5.75 Å². The van der Waals surface area contributed by atoms with Crippen LogP contribution in [0.4, 0.5) is 11.9 Å². The van der Waals surface area contributed by atoms with E-state index in [1.54, 1.807) is 11.2 Å². The van der Waals surface area contributed by atoms with Crippen molar-refractivity contribution in [3.8, 4) is 0 Å². The number of thioether (sulfide) groups is 1. The monoisotopic (exact) mass is 266 g/mol. The maximum atomic E-state index is 5.33. The van der Waals surface area contributed by atoms with Crippen molar-refractivity contribution in [3.05, 3.63) is 24.2 Å². The molecule has 0 unspecified atom stereocenters. The quantitative estimate of drug-likeness (QED) is 0.472. The van der Waals surface area contributed by atoms with E-state index in [0.29, 0.717) is 22.8 Å². The first-order valence-corrected chi connectivity index (χ1v) is 6.23. The lowest BCUT2D eigenvalue weighted by molar-refractivity contribution is 0.530. The molecule has 2 heterocycles. The van der Waals surface area contributed by atoms with Gasteiger partial charge >= 0.3 is 0 Å². The molecule has 2 rings (SSSR count). The standard InChI is InChI=1S/C10H14N6OS/c1-16(2)9-12-8(15-11)13-10(14-9)18-6-7-4-3-5-17-7/h3-5H,6,11H2,1-2H3,(H,12,13,14,15). The minimum Gasteiger partial charge on any atom is -0.468 e. The van der Waals surface area contributed by atoms with Gasteiger partial charge in [-0.2, -0.15) is 15.0 Å².